The second-order valence-corrected chi connectivity index (χ2v) is 9.59. The Balaban J connectivity index is 1.71. The van der Waals surface area contributed by atoms with Crippen LogP contribution in [0.5, 0.6) is 0 Å². The summed E-state index contributed by atoms with van der Waals surface area (Å²) in [5, 5.41) is 5.55. The molecule has 2 saturated heterocycles. The summed E-state index contributed by atoms with van der Waals surface area (Å²) in [5.41, 5.74) is -1.71. The molecule has 1 aromatic rings. The van der Waals surface area contributed by atoms with Crippen molar-refractivity contribution in [2.45, 2.75) is 50.7 Å². The van der Waals surface area contributed by atoms with Gasteiger partial charge in [-0.15, -0.1) is 0 Å². The maximum Gasteiger partial charge on any atom is 0.241 e. The Morgan fingerprint density at radius 2 is 1.70 bits per heavy atom. The Morgan fingerprint density at radius 1 is 1.12 bits per heavy atom. The molecule has 33 heavy (non-hydrogen) atoms. The molecule has 2 heterocycles. The third-order valence-electron chi connectivity index (χ3n) is 6.19. The first-order valence-electron chi connectivity index (χ1n) is 10.8. The highest BCUT2D eigenvalue weighted by Gasteiger charge is 2.51. The fourth-order valence-corrected chi connectivity index (χ4v) is 5.09. The molecule has 2 aliphatic rings. The van der Waals surface area contributed by atoms with Crippen molar-refractivity contribution in [2.24, 2.45) is 0 Å². The Morgan fingerprint density at radius 3 is 2.24 bits per heavy atom. The van der Waals surface area contributed by atoms with Crippen LogP contribution in [0.4, 0.5) is 27.6 Å². The largest absolute Gasteiger partial charge is 0.349 e. The lowest BCUT2D eigenvalue weighted by atomic mass is 9.95. The SMILES string of the molecule is CCCCN1C(=O)C(CCSC)NC12CCN(C(=S)Nc1c(F)c(F)c(F)c(F)c1F)CC2. The number of hydrogen-bond donors (Lipinski definition) is 2. The lowest BCUT2D eigenvalue weighted by Gasteiger charge is -2.45. The summed E-state index contributed by atoms with van der Waals surface area (Å²) in [7, 11) is 0. The predicted octanol–water partition coefficient (Wildman–Crippen LogP) is 4.22. The van der Waals surface area contributed by atoms with Crippen LogP contribution < -0.4 is 10.6 Å². The standard InChI is InChI=1S/C21H27F5N4OS2/c1-3-4-8-30-19(31)12(5-11-33-2)28-21(30)6-9-29(10-7-21)20(32)27-18-16(25)14(23)13(22)15(24)17(18)26/h12,28H,3-11H2,1-2H3,(H,27,32). The molecule has 184 valence electrons. The fourth-order valence-electron chi connectivity index (χ4n) is 4.33. The van der Waals surface area contributed by atoms with Crippen LogP contribution in [0.25, 0.3) is 0 Å². The maximum atomic E-state index is 14.0. The van der Waals surface area contributed by atoms with Gasteiger partial charge in [0.25, 0.3) is 0 Å². The number of halogens is 5. The molecule has 1 unspecified atom stereocenters. The summed E-state index contributed by atoms with van der Waals surface area (Å²) in [6, 6.07) is -0.265. The number of nitrogens with zero attached hydrogens (tertiary/aromatic N) is 2. The number of likely N-dealkylation sites (tertiary alicyclic amines) is 1. The normalized spacial score (nSPS) is 20.1. The monoisotopic (exact) mass is 510 g/mol. The Bertz CT molecular complexity index is 882. The molecule has 1 aromatic carbocycles. The van der Waals surface area contributed by atoms with Crippen LogP contribution in [0, 0.1) is 29.1 Å². The molecule has 0 aliphatic carbocycles. The van der Waals surface area contributed by atoms with Crippen molar-refractivity contribution in [2.75, 3.05) is 37.0 Å². The fraction of sp³-hybridized carbons (Fsp3) is 0.619. The van der Waals surface area contributed by atoms with Crippen LogP contribution in [-0.2, 0) is 4.79 Å². The highest BCUT2D eigenvalue weighted by atomic mass is 32.2. The summed E-state index contributed by atoms with van der Waals surface area (Å²) in [6.07, 6.45) is 5.54. The molecular weight excluding hydrogens is 483 g/mol. The number of thioether (sulfide) groups is 1. The second-order valence-electron chi connectivity index (χ2n) is 8.22. The van der Waals surface area contributed by atoms with E-state index < -0.39 is 40.4 Å². The third kappa shape index (κ3) is 5.07. The molecule has 3 rings (SSSR count). The molecule has 2 aliphatic heterocycles. The van der Waals surface area contributed by atoms with Crippen molar-refractivity contribution in [3.8, 4) is 0 Å². The van der Waals surface area contributed by atoms with E-state index >= 15 is 0 Å². The van der Waals surface area contributed by atoms with Gasteiger partial charge in [0.15, 0.2) is 28.4 Å². The Kier molecular flexibility index (Phi) is 8.44. The molecule has 0 radical (unpaired) electrons. The summed E-state index contributed by atoms with van der Waals surface area (Å²) in [6.45, 7) is 3.38. The van der Waals surface area contributed by atoms with Gasteiger partial charge in [0.1, 0.15) is 5.69 Å². The van der Waals surface area contributed by atoms with Crippen molar-refractivity contribution in [3.05, 3.63) is 29.1 Å². The van der Waals surface area contributed by atoms with Crippen LogP contribution in [0.2, 0.25) is 0 Å². The highest BCUT2D eigenvalue weighted by molar-refractivity contribution is 7.98. The number of carbonyl (C=O) groups excluding carboxylic acids is 1. The summed E-state index contributed by atoms with van der Waals surface area (Å²) in [4.78, 5) is 16.5. The first kappa shape index (κ1) is 26.0. The lowest BCUT2D eigenvalue weighted by molar-refractivity contribution is -0.133. The first-order valence-corrected chi connectivity index (χ1v) is 12.6. The van der Waals surface area contributed by atoms with E-state index in [0.717, 1.165) is 18.6 Å². The van der Waals surface area contributed by atoms with Crippen molar-refractivity contribution in [1.29, 1.82) is 0 Å². The van der Waals surface area contributed by atoms with Gasteiger partial charge in [0.05, 0.1) is 11.7 Å². The smallest absolute Gasteiger partial charge is 0.241 e. The van der Waals surface area contributed by atoms with E-state index in [1.165, 1.54) is 0 Å². The second kappa shape index (κ2) is 10.7. The zero-order valence-electron chi connectivity index (χ0n) is 18.5. The number of thiocarbonyl (C=S) groups is 1. The van der Waals surface area contributed by atoms with E-state index in [1.807, 2.05) is 11.2 Å². The van der Waals surface area contributed by atoms with E-state index in [-0.39, 0.29) is 17.1 Å². The van der Waals surface area contributed by atoms with E-state index in [0.29, 0.717) is 38.9 Å². The average Bonchev–Trinajstić information content (AvgIpc) is 3.06. The minimum absolute atomic E-state index is 0.0769. The van der Waals surface area contributed by atoms with Crippen LogP contribution >= 0.6 is 24.0 Å². The van der Waals surface area contributed by atoms with Crippen LogP contribution in [0.3, 0.4) is 0 Å². The minimum Gasteiger partial charge on any atom is -0.349 e. The van der Waals surface area contributed by atoms with E-state index in [2.05, 4.69) is 17.6 Å². The number of carbonyl (C=O) groups is 1. The molecule has 0 bridgehead atoms. The third-order valence-corrected chi connectivity index (χ3v) is 7.19. The number of nitrogens with one attached hydrogen (secondary N) is 2. The molecular formula is C21H27F5N4OS2. The van der Waals surface area contributed by atoms with Gasteiger partial charge in [-0.05, 0) is 37.1 Å². The molecule has 2 N–H and O–H groups in total. The number of rotatable bonds is 7. The minimum atomic E-state index is -2.22. The average molecular weight is 511 g/mol. The highest BCUT2D eigenvalue weighted by Crippen LogP contribution is 2.34. The number of amides is 1. The van der Waals surface area contributed by atoms with Gasteiger partial charge < -0.3 is 15.1 Å². The summed E-state index contributed by atoms with van der Waals surface area (Å²) in [5.74, 6) is -9.29. The van der Waals surface area contributed by atoms with Crippen molar-refractivity contribution >= 4 is 40.7 Å². The molecule has 0 saturated carbocycles. The number of benzene rings is 1. The molecule has 1 atom stereocenters. The quantitative estimate of drug-likeness (QED) is 0.248. The lowest BCUT2D eigenvalue weighted by Crippen LogP contribution is -2.60. The zero-order chi connectivity index (χ0) is 24.3. The molecule has 12 heteroatoms. The van der Waals surface area contributed by atoms with Crippen molar-refractivity contribution in [1.82, 2.24) is 15.1 Å². The van der Waals surface area contributed by atoms with Gasteiger partial charge in [0, 0.05) is 32.5 Å². The summed E-state index contributed by atoms with van der Waals surface area (Å²) >= 11 is 6.87. The van der Waals surface area contributed by atoms with E-state index in [4.69, 9.17) is 12.2 Å². The van der Waals surface area contributed by atoms with Crippen molar-refractivity contribution in [3.63, 3.8) is 0 Å². The van der Waals surface area contributed by atoms with Crippen LogP contribution in [-0.4, -0.2) is 64.2 Å². The molecule has 0 aromatic heterocycles. The number of hydrogen-bond acceptors (Lipinski definition) is 4. The number of piperidine rings is 1. The molecule has 2 fully saturated rings. The van der Waals surface area contributed by atoms with Gasteiger partial charge in [-0.3, -0.25) is 10.1 Å². The van der Waals surface area contributed by atoms with Gasteiger partial charge >= 0.3 is 0 Å². The first-order chi connectivity index (χ1) is 15.7. The van der Waals surface area contributed by atoms with Crippen LogP contribution in [0.1, 0.15) is 39.0 Å². The predicted molar refractivity (Wildman–Crippen MR) is 123 cm³/mol. The number of anilines is 1. The van der Waals surface area contributed by atoms with E-state index in [1.54, 1.807) is 16.7 Å². The van der Waals surface area contributed by atoms with Gasteiger partial charge in [-0.2, -0.15) is 11.8 Å². The zero-order valence-corrected chi connectivity index (χ0v) is 20.1. The van der Waals surface area contributed by atoms with E-state index in [9.17, 15) is 26.7 Å². The Hall–Kier alpha value is -1.66. The topological polar surface area (TPSA) is 47.6 Å². The number of unbranched alkanes of at least 4 members (excludes halogenated alkanes) is 1. The molecule has 5 nitrogen and oxygen atoms in total. The maximum absolute atomic E-state index is 14.0. The van der Waals surface area contributed by atoms with Gasteiger partial charge in [-0.1, -0.05) is 13.3 Å². The van der Waals surface area contributed by atoms with Crippen LogP contribution in [0.15, 0.2) is 0 Å². The van der Waals surface area contributed by atoms with Gasteiger partial charge in [-0.25, -0.2) is 22.0 Å². The molecule has 1 amide bonds. The van der Waals surface area contributed by atoms with Crippen molar-refractivity contribution < 1.29 is 26.7 Å². The Labute approximate surface area is 199 Å². The molecule has 1 spiro atoms. The van der Waals surface area contributed by atoms with Gasteiger partial charge in [0.2, 0.25) is 11.7 Å². The summed E-state index contributed by atoms with van der Waals surface area (Å²) < 4.78 is 68.3.